The Labute approximate surface area is 243 Å². The van der Waals surface area contributed by atoms with Gasteiger partial charge >= 0.3 is 0 Å². The molecule has 8 nitrogen and oxygen atoms in total. The van der Waals surface area contributed by atoms with Gasteiger partial charge < -0.3 is 9.47 Å². The maximum atomic E-state index is 12.2. The summed E-state index contributed by atoms with van der Waals surface area (Å²) in [7, 11) is 0. The fraction of sp³-hybridized carbons (Fsp3) is 0.125. The first-order valence-electron chi connectivity index (χ1n) is 12.9. The van der Waals surface area contributed by atoms with Crippen molar-refractivity contribution in [2.75, 3.05) is 11.5 Å². The second kappa shape index (κ2) is 16.3. The number of amides is 2. The molecule has 0 fully saturated rings. The topological polar surface area (TPSA) is 101 Å². The van der Waals surface area contributed by atoms with E-state index in [0.29, 0.717) is 24.7 Å². The SMILES string of the molecule is O=C(CSCC(=O)N/N=C/c1ccccc1OCc1ccccc1)N/N=C/c1ccccc1OCc1ccccc1. The van der Waals surface area contributed by atoms with Crippen LogP contribution in [0.2, 0.25) is 0 Å². The summed E-state index contributed by atoms with van der Waals surface area (Å²) in [6, 6.07) is 34.6. The van der Waals surface area contributed by atoms with Gasteiger partial charge in [-0.05, 0) is 35.4 Å². The van der Waals surface area contributed by atoms with Crippen molar-refractivity contribution < 1.29 is 19.1 Å². The lowest BCUT2D eigenvalue weighted by atomic mass is 10.2. The molecule has 0 atom stereocenters. The minimum atomic E-state index is -0.324. The molecule has 0 aliphatic carbocycles. The number of ether oxygens (including phenoxy) is 2. The maximum absolute atomic E-state index is 12.2. The molecule has 4 aromatic rings. The highest BCUT2D eigenvalue weighted by molar-refractivity contribution is 8.00. The van der Waals surface area contributed by atoms with Crippen molar-refractivity contribution in [3.8, 4) is 11.5 Å². The molecule has 41 heavy (non-hydrogen) atoms. The summed E-state index contributed by atoms with van der Waals surface area (Å²) in [6.07, 6.45) is 3.07. The number of carbonyl (C=O) groups is 2. The van der Waals surface area contributed by atoms with Gasteiger partial charge in [-0.2, -0.15) is 10.2 Å². The van der Waals surface area contributed by atoms with Crippen LogP contribution in [0.5, 0.6) is 11.5 Å². The van der Waals surface area contributed by atoms with E-state index in [-0.39, 0.29) is 23.3 Å². The first-order valence-corrected chi connectivity index (χ1v) is 14.1. The molecule has 0 heterocycles. The highest BCUT2D eigenvalue weighted by atomic mass is 32.2. The van der Waals surface area contributed by atoms with E-state index in [1.165, 1.54) is 12.4 Å². The van der Waals surface area contributed by atoms with Crippen LogP contribution in [0.25, 0.3) is 0 Å². The molecule has 0 saturated carbocycles. The molecule has 0 spiro atoms. The van der Waals surface area contributed by atoms with Crippen molar-refractivity contribution >= 4 is 36.0 Å². The fourth-order valence-electron chi connectivity index (χ4n) is 3.56. The predicted octanol–water partition coefficient (Wildman–Crippen LogP) is 5.18. The molecule has 2 amide bonds. The van der Waals surface area contributed by atoms with Crippen LogP contribution in [0, 0.1) is 0 Å². The molecular weight excluding hydrogens is 536 g/mol. The Bertz CT molecular complexity index is 1350. The maximum Gasteiger partial charge on any atom is 0.250 e. The number of hydrogen-bond acceptors (Lipinski definition) is 7. The zero-order chi connectivity index (χ0) is 28.5. The number of hydrazone groups is 2. The summed E-state index contributed by atoms with van der Waals surface area (Å²) in [6.45, 7) is 0.852. The lowest BCUT2D eigenvalue weighted by Crippen LogP contribution is -2.23. The first-order chi connectivity index (χ1) is 20.2. The van der Waals surface area contributed by atoms with Gasteiger partial charge in [0.2, 0.25) is 11.8 Å². The Morgan fingerprint density at radius 1 is 0.585 bits per heavy atom. The number of nitrogens with zero attached hydrogens (tertiary/aromatic N) is 2. The van der Waals surface area contributed by atoms with Gasteiger partial charge in [-0.15, -0.1) is 11.8 Å². The van der Waals surface area contributed by atoms with Crippen LogP contribution in [-0.4, -0.2) is 35.7 Å². The third-order valence-corrected chi connectivity index (χ3v) is 6.50. The highest BCUT2D eigenvalue weighted by Crippen LogP contribution is 2.18. The summed E-state index contributed by atoms with van der Waals surface area (Å²) in [4.78, 5) is 24.3. The summed E-state index contributed by atoms with van der Waals surface area (Å²) in [5, 5.41) is 8.05. The number of hydrogen-bond donors (Lipinski definition) is 2. The van der Waals surface area contributed by atoms with Crippen molar-refractivity contribution in [3.63, 3.8) is 0 Å². The summed E-state index contributed by atoms with van der Waals surface area (Å²) >= 11 is 1.16. The van der Waals surface area contributed by atoms with Crippen molar-refractivity contribution in [1.29, 1.82) is 0 Å². The standard InChI is InChI=1S/C32H30N4O4S/c37-31(35-33-19-27-15-7-9-17-29(27)39-21-25-11-3-1-4-12-25)23-41-24-32(38)36-34-20-28-16-8-10-18-30(28)40-22-26-13-5-2-6-14-26/h1-20H,21-24H2,(H,35,37)(H,36,38)/b33-19+,34-20+. The van der Waals surface area contributed by atoms with Crippen molar-refractivity contribution in [1.82, 2.24) is 10.9 Å². The molecule has 0 aliphatic heterocycles. The summed E-state index contributed by atoms with van der Waals surface area (Å²) in [5.41, 5.74) is 8.54. The number of rotatable bonds is 14. The quantitative estimate of drug-likeness (QED) is 0.162. The number of carbonyl (C=O) groups excluding carboxylic acids is 2. The monoisotopic (exact) mass is 566 g/mol. The van der Waals surface area contributed by atoms with Gasteiger partial charge in [-0.3, -0.25) is 9.59 Å². The van der Waals surface area contributed by atoms with Crippen LogP contribution in [0.15, 0.2) is 119 Å². The number of para-hydroxylation sites is 2. The van der Waals surface area contributed by atoms with Crippen molar-refractivity contribution in [2.45, 2.75) is 13.2 Å². The average molecular weight is 567 g/mol. The van der Waals surface area contributed by atoms with E-state index < -0.39 is 0 Å². The van der Waals surface area contributed by atoms with Crippen LogP contribution >= 0.6 is 11.8 Å². The average Bonchev–Trinajstić information content (AvgIpc) is 3.01. The number of thioether (sulfide) groups is 1. The van der Waals surface area contributed by atoms with E-state index in [1.54, 1.807) is 0 Å². The van der Waals surface area contributed by atoms with E-state index in [4.69, 9.17) is 9.47 Å². The van der Waals surface area contributed by atoms with Crippen molar-refractivity contribution in [3.05, 3.63) is 131 Å². The van der Waals surface area contributed by atoms with E-state index in [9.17, 15) is 9.59 Å². The summed E-state index contributed by atoms with van der Waals surface area (Å²) in [5.74, 6) is 0.801. The van der Waals surface area contributed by atoms with Crippen LogP contribution in [0.4, 0.5) is 0 Å². The summed E-state index contributed by atoms with van der Waals surface area (Å²) < 4.78 is 11.8. The van der Waals surface area contributed by atoms with Crippen LogP contribution in [-0.2, 0) is 22.8 Å². The number of benzene rings is 4. The van der Waals surface area contributed by atoms with Crippen LogP contribution < -0.4 is 20.3 Å². The lowest BCUT2D eigenvalue weighted by molar-refractivity contribution is -0.118. The smallest absolute Gasteiger partial charge is 0.250 e. The van der Waals surface area contributed by atoms with Gasteiger partial charge in [0.05, 0.1) is 23.9 Å². The Morgan fingerprint density at radius 3 is 1.41 bits per heavy atom. The lowest BCUT2D eigenvalue weighted by Gasteiger charge is -2.09. The third kappa shape index (κ3) is 10.3. The van der Waals surface area contributed by atoms with E-state index in [0.717, 1.165) is 34.0 Å². The molecule has 0 radical (unpaired) electrons. The molecule has 0 saturated heterocycles. The predicted molar refractivity (Wildman–Crippen MR) is 163 cm³/mol. The van der Waals surface area contributed by atoms with Crippen LogP contribution in [0.3, 0.4) is 0 Å². The molecule has 0 aromatic heterocycles. The zero-order valence-electron chi connectivity index (χ0n) is 22.3. The molecule has 0 aliphatic rings. The second-order valence-electron chi connectivity index (χ2n) is 8.70. The molecule has 2 N–H and O–H groups in total. The van der Waals surface area contributed by atoms with Gasteiger partial charge in [0, 0.05) is 11.1 Å². The van der Waals surface area contributed by atoms with E-state index in [2.05, 4.69) is 21.1 Å². The minimum absolute atomic E-state index is 0.0663. The van der Waals surface area contributed by atoms with Crippen LogP contribution in [0.1, 0.15) is 22.3 Å². The second-order valence-corrected chi connectivity index (χ2v) is 9.69. The number of nitrogens with one attached hydrogen (secondary N) is 2. The van der Waals surface area contributed by atoms with E-state index in [1.807, 2.05) is 109 Å². The fourth-order valence-corrected chi connectivity index (χ4v) is 4.16. The molecular formula is C32H30N4O4S. The molecule has 0 unspecified atom stereocenters. The molecule has 4 rings (SSSR count). The van der Waals surface area contributed by atoms with Gasteiger partial charge in [-0.1, -0.05) is 84.9 Å². The molecule has 4 aromatic carbocycles. The molecule has 208 valence electrons. The Kier molecular flexibility index (Phi) is 11.5. The normalized spacial score (nSPS) is 10.9. The van der Waals surface area contributed by atoms with Crippen molar-refractivity contribution in [2.24, 2.45) is 10.2 Å². The van der Waals surface area contributed by atoms with Gasteiger partial charge in [0.1, 0.15) is 24.7 Å². The molecule has 0 bridgehead atoms. The highest BCUT2D eigenvalue weighted by Gasteiger charge is 2.06. The third-order valence-electron chi connectivity index (χ3n) is 5.56. The minimum Gasteiger partial charge on any atom is -0.488 e. The Balaban J connectivity index is 1.16. The largest absolute Gasteiger partial charge is 0.488 e. The van der Waals surface area contributed by atoms with Gasteiger partial charge in [0.25, 0.3) is 0 Å². The zero-order valence-corrected chi connectivity index (χ0v) is 23.1. The first kappa shape index (κ1) is 29.1. The Hall–Kier alpha value is -4.89. The molecule has 9 heteroatoms. The Morgan fingerprint density at radius 2 is 0.976 bits per heavy atom. The van der Waals surface area contributed by atoms with Gasteiger partial charge in [-0.25, -0.2) is 10.9 Å². The van der Waals surface area contributed by atoms with Gasteiger partial charge in [0.15, 0.2) is 0 Å². The van der Waals surface area contributed by atoms with E-state index >= 15 is 0 Å².